The van der Waals surface area contributed by atoms with Gasteiger partial charge >= 0.3 is 12.4 Å². The van der Waals surface area contributed by atoms with Gasteiger partial charge < -0.3 is 0 Å². The molecule has 0 N–H and O–H groups in total. The average Bonchev–Trinajstić information content (AvgIpc) is 2.28. The largest absolute Gasteiger partial charge is 0.397 e. The van der Waals surface area contributed by atoms with Crippen LogP contribution in [0.5, 0.6) is 0 Å². The van der Waals surface area contributed by atoms with E-state index in [4.69, 9.17) is 0 Å². The molecule has 0 aromatic heterocycles. The Bertz CT molecular complexity index is 535. The van der Waals surface area contributed by atoms with E-state index in [0.717, 1.165) is 27.7 Å². The van der Waals surface area contributed by atoms with Crippen molar-refractivity contribution in [3.8, 4) is 0 Å². The SMILES string of the molecule is Cc1ccc(C(C)(C)C(F)(F)F)cc1CC(C)(C)C(F)(F)F. The van der Waals surface area contributed by atoms with Gasteiger partial charge in [-0.2, -0.15) is 26.3 Å². The molecule has 0 saturated heterocycles. The van der Waals surface area contributed by atoms with Crippen molar-refractivity contribution in [2.45, 2.75) is 58.8 Å². The van der Waals surface area contributed by atoms with Crippen LogP contribution in [0.1, 0.15) is 44.4 Å². The Kier molecular flexibility index (Phi) is 4.68. The van der Waals surface area contributed by atoms with Gasteiger partial charge in [-0.15, -0.1) is 0 Å². The number of rotatable bonds is 3. The second kappa shape index (κ2) is 5.46. The molecule has 0 unspecified atom stereocenters. The van der Waals surface area contributed by atoms with Gasteiger partial charge in [0.1, 0.15) is 0 Å². The minimum Gasteiger partial charge on any atom is -0.171 e. The third-order valence-electron chi connectivity index (χ3n) is 4.18. The molecule has 0 spiro atoms. The predicted molar refractivity (Wildman–Crippen MR) is 73.8 cm³/mol. The first-order valence-corrected chi connectivity index (χ1v) is 6.83. The molecule has 0 atom stereocenters. The maximum Gasteiger partial charge on any atom is 0.397 e. The molecule has 22 heavy (non-hydrogen) atoms. The number of halogens is 6. The highest BCUT2D eigenvalue weighted by atomic mass is 19.4. The van der Waals surface area contributed by atoms with Crippen molar-refractivity contribution >= 4 is 0 Å². The molecule has 0 bridgehead atoms. The van der Waals surface area contributed by atoms with Crippen molar-refractivity contribution in [2.75, 3.05) is 0 Å². The first-order valence-electron chi connectivity index (χ1n) is 6.83. The quantitative estimate of drug-likeness (QED) is 0.601. The lowest BCUT2D eigenvalue weighted by molar-refractivity contribution is -0.211. The van der Waals surface area contributed by atoms with E-state index in [1.807, 2.05) is 0 Å². The first-order chi connectivity index (χ1) is 9.59. The van der Waals surface area contributed by atoms with Crippen LogP contribution in [0.3, 0.4) is 0 Å². The summed E-state index contributed by atoms with van der Waals surface area (Å²) < 4.78 is 78.3. The van der Waals surface area contributed by atoms with E-state index >= 15 is 0 Å². The fourth-order valence-corrected chi connectivity index (χ4v) is 1.99. The first kappa shape index (κ1) is 18.8. The van der Waals surface area contributed by atoms with Crippen molar-refractivity contribution in [2.24, 2.45) is 5.41 Å². The number of hydrogen-bond acceptors (Lipinski definition) is 0. The molecule has 1 aromatic rings. The zero-order valence-corrected chi connectivity index (χ0v) is 13.2. The zero-order valence-electron chi connectivity index (χ0n) is 13.2. The third kappa shape index (κ3) is 3.58. The molecule has 0 aliphatic carbocycles. The lowest BCUT2D eigenvalue weighted by Crippen LogP contribution is -2.37. The van der Waals surface area contributed by atoms with E-state index in [-0.39, 0.29) is 17.5 Å². The van der Waals surface area contributed by atoms with Gasteiger partial charge in [-0.3, -0.25) is 0 Å². The second-order valence-corrected chi connectivity index (χ2v) is 6.82. The molecule has 1 rings (SSSR count). The van der Waals surface area contributed by atoms with E-state index in [1.54, 1.807) is 6.92 Å². The lowest BCUT2D eigenvalue weighted by atomic mass is 9.79. The number of hydrogen-bond donors (Lipinski definition) is 0. The summed E-state index contributed by atoms with van der Waals surface area (Å²) >= 11 is 0. The van der Waals surface area contributed by atoms with Gasteiger partial charge in [0.15, 0.2) is 0 Å². The average molecular weight is 326 g/mol. The maximum atomic E-state index is 13.1. The van der Waals surface area contributed by atoms with Crippen molar-refractivity contribution in [3.05, 3.63) is 34.9 Å². The number of alkyl halides is 6. The molecule has 6 heteroatoms. The zero-order chi connectivity index (χ0) is 17.6. The molecular formula is C16H20F6. The van der Waals surface area contributed by atoms with Gasteiger partial charge in [0.25, 0.3) is 0 Å². The normalized spacial score (nSPS) is 14.3. The minimum absolute atomic E-state index is 0.0291. The van der Waals surface area contributed by atoms with Crippen LogP contribution in [0.2, 0.25) is 0 Å². The molecule has 0 amide bonds. The predicted octanol–water partition coefficient (Wildman–Crippen LogP) is 5.97. The lowest BCUT2D eigenvalue weighted by Gasteiger charge is -2.31. The van der Waals surface area contributed by atoms with Crippen LogP contribution in [0.25, 0.3) is 0 Å². The van der Waals surface area contributed by atoms with Crippen molar-refractivity contribution in [3.63, 3.8) is 0 Å². The molecule has 0 fully saturated rings. The van der Waals surface area contributed by atoms with Crippen LogP contribution < -0.4 is 0 Å². The topological polar surface area (TPSA) is 0 Å². The molecule has 1 aromatic carbocycles. The summed E-state index contributed by atoms with van der Waals surface area (Å²) in [6.07, 6.45) is -9.25. The van der Waals surface area contributed by atoms with Gasteiger partial charge in [0, 0.05) is 0 Å². The standard InChI is InChI=1S/C16H20F6/c1-10-6-7-12(14(4,5)16(20,21)22)8-11(10)9-13(2,3)15(17,18)19/h6-8H,9H2,1-5H3. The van der Waals surface area contributed by atoms with Gasteiger partial charge in [-0.1, -0.05) is 32.0 Å². The summed E-state index contributed by atoms with van der Waals surface area (Å²) in [6.45, 7) is 5.75. The van der Waals surface area contributed by atoms with Crippen molar-refractivity contribution in [1.29, 1.82) is 0 Å². The fraction of sp³-hybridized carbons (Fsp3) is 0.625. The van der Waals surface area contributed by atoms with Crippen LogP contribution in [-0.2, 0) is 11.8 Å². The number of aryl methyl sites for hydroxylation is 1. The van der Waals surface area contributed by atoms with Crippen molar-refractivity contribution < 1.29 is 26.3 Å². The maximum absolute atomic E-state index is 13.1. The van der Waals surface area contributed by atoms with Gasteiger partial charge in [-0.05, 0) is 43.9 Å². The fourth-order valence-electron chi connectivity index (χ4n) is 1.99. The molecule has 0 heterocycles. The van der Waals surface area contributed by atoms with Crippen LogP contribution in [0, 0.1) is 12.3 Å². The molecule has 0 saturated carbocycles. The summed E-state index contributed by atoms with van der Waals surface area (Å²) in [6, 6.07) is 4.02. The van der Waals surface area contributed by atoms with Crippen LogP contribution >= 0.6 is 0 Å². The molecular weight excluding hydrogens is 306 g/mol. The highest BCUT2D eigenvalue weighted by molar-refractivity contribution is 5.36. The van der Waals surface area contributed by atoms with Gasteiger partial charge in [0.2, 0.25) is 0 Å². The van der Waals surface area contributed by atoms with Crippen LogP contribution in [0.4, 0.5) is 26.3 Å². The molecule has 0 aliphatic rings. The summed E-state index contributed by atoms with van der Waals surface area (Å²) in [7, 11) is 0. The Hall–Kier alpha value is -1.20. The Morgan fingerprint density at radius 3 is 1.73 bits per heavy atom. The smallest absolute Gasteiger partial charge is 0.171 e. The Balaban J connectivity index is 3.28. The summed E-state index contributed by atoms with van der Waals surface area (Å²) in [4.78, 5) is 0. The monoisotopic (exact) mass is 326 g/mol. The summed E-state index contributed by atoms with van der Waals surface area (Å²) in [5.41, 5.74) is -3.30. The van der Waals surface area contributed by atoms with E-state index in [2.05, 4.69) is 0 Å². The van der Waals surface area contributed by atoms with E-state index in [9.17, 15) is 26.3 Å². The molecule has 0 radical (unpaired) electrons. The molecule has 0 aliphatic heterocycles. The highest BCUT2D eigenvalue weighted by Crippen LogP contribution is 2.43. The van der Waals surface area contributed by atoms with Gasteiger partial charge in [0.05, 0.1) is 10.8 Å². The Morgan fingerprint density at radius 1 is 0.818 bits per heavy atom. The molecule has 0 nitrogen and oxygen atoms in total. The molecule has 126 valence electrons. The van der Waals surface area contributed by atoms with E-state index in [0.29, 0.717) is 5.56 Å². The third-order valence-corrected chi connectivity index (χ3v) is 4.18. The summed E-state index contributed by atoms with van der Waals surface area (Å²) in [5.74, 6) is 0. The van der Waals surface area contributed by atoms with Crippen LogP contribution in [-0.4, -0.2) is 12.4 Å². The number of benzene rings is 1. The minimum atomic E-state index is -4.47. The summed E-state index contributed by atoms with van der Waals surface area (Å²) in [5, 5.41) is 0. The Morgan fingerprint density at radius 2 is 1.32 bits per heavy atom. The second-order valence-electron chi connectivity index (χ2n) is 6.82. The van der Waals surface area contributed by atoms with E-state index < -0.39 is 23.2 Å². The van der Waals surface area contributed by atoms with Crippen LogP contribution in [0.15, 0.2) is 18.2 Å². The Labute approximate surface area is 126 Å². The van der Waals surface area contributed by atoms with Crippen molar-refractivity contribution in [1.82, 2.24) is 0 Å². The highest BCUT2D eigenvalue weighted by Gasteiger charge is 2.49. The van der Waals surface area contributed by atoms with E-state index in [1.165, 1.54) is 18.2 Å². The van der Waals surface area contributed by atoms with Gasteiger partial charge in [-0.25, -0.2) is 0 Å².